The summed E-state index contributed by atoms with van der Waals surface area (Å²) in [5.41, 5.74) is -0.659. The van der Waals surface area contributed by atoms with E-state index in [1.165, 1.54) is 24.7 Å². The Balaban J connectivity index is 1.98. The maximum absolute atomic E-state index is 12.1. The minimum Gasteiger partial charge on any atom is -0.506 e. The van der Waals surface area contributed by atoms with Gasteiger partial charge in [-0.3, -0.25) is 29.3 Å². The van der Waals surface area contributed by atoms with Crippen LogP contribution >= 0.6 is 0 Å². The van der Waals surface area contributed by atoms with Gasteiger partial charge in [-0.2, -0.15) is 4.98 Å². The van der Waals surface area contributed by atoms with Crippen molar-refractivity contribution >= 4 is 29.0 Å². The minimum absolute atomic E-state index is 0.00925. The van der Waals surface area contributed by atoms with Crippen molar-refractivity contribution in [1.82, 2.24) is 19.5 Å². The summed E-state index contributed by atoms with van der Waals surface area (Å²) in [5.74, 6) is -2.18. The van der Waals surface area contributed by atoms with Gasteiger partial charge in [-0.05, 0) is 0 Å². The molecule has 3 rings (SSSR count). The second-order valence-electron chi connectivity index (χ2n) is 5.47. The first-order valence-corrected chi connectivity index (χ1v) is 7.43. The van der Waals surface area contributed by atoms with E-state index in [1.54, 1.807) is 0 Å². The van der Waals surface area contributed by atoms with Gasteiger partial charge < -0.3 is 19.7 Å². The van der Waals surface area contributed by atoms with E-state index >= 15 is 0 Å². The first kappa shape index (κ1) is 17.4. The molecule has 12 nitrogen and oxygen atoms in total. The highest BCUT2D eigenvalue weighted by Crippen LogP contribution is 2.33. The largest absolute Gasteiger partial charge is 0.506 e. The lowest BCUT2D eigenvalue weighted by Gasteiger charge is -2.15. The van der Waals surface area contributed by atoms with Crippen LogP contribution in [0.4, 0.5) is 5.95 Å². The average molecular weight is 365 g/mol. The molecule has 2 atom stereocenters. The van der Waals surface area contributed by atoms with E-state index in [4.69, 9.17) is 9.47 Å². The van der Waals surface area contributed by atoms with Crippen molar-refractivity contribution in [2.24, 2.45) is 0 Å². The third-order valence-corrected chi connectivity index (χ3v) is 3.51. The van der Waals surface area contributed by atoms with Gasteiger partial charge in [0.1, 0.15) is 6.61 Å². The van der Waals surface area contributed by atoms with Gasteiger partial charge in [0.05, 0.1) is 6.33 Å². The SMILES string of the molecule is CC(=O)Nc1nc2c(ncn2[C@@H]2O[C@H](COC(C)=O)C(O)=C2O)c(=O)[nH]1. The fraction of sp³-hybridized carbons (Fsp3) is 0.357. The molecule has 138 valence electrons. The summed E-state index contributed by atoms with van der Waals surface area (Å²) in [5, 5.41) is 22.5. The van der Waals surface area contributed by atoms with Gasteiger partial charge in [-0.25, -0.2) is 4.98 Å². The van der Waals surface area contributed by atoms with Crippen molar-refractivity contribution in [2.45, 2.75) is 26.2 Å². The summed E-state index contributed by atoms with van der Waals surface area (Å²) < 4.78 is 11.5. The molecular weight excluding hydrogens is 350 g/mol. The van der Waals surface area contributed by atoms with Crippen LogP contribution in [-0.4, -0.2) is 54.3 Å². The van der Waals surface area contributed by atoms with Gasteiger partial charge >= 0.3 is 5.97 Å². The van der Waals surface area contributed by atoms with Crippen LogP contribution in [0.2, 0.25) is 0 Å². The highest BCUT2D eigenvalue weighted by atomic mass is 16.6. The molecule has 26 heavy (non-hydrogen) atoms. The molecule has 0 unspecified atom stereocenters. The molecule has 1 aliphatic heterocycles. The first-order chi connectivity index (χ1) is 12.3. The molecule has 1 aliphatic rings. The Hall–Kier alpha value is -3.41. The highest BCUT2D eigenvalue weighted by molar-refractivity contribution is 5.87. The number of anilines is 1. The zero-order valence-corrected chi connectivity index (χ0v) is 13.7. The monoisotopic (exact) mass is 365 g/mol. The van der Waals surface area contributed by atoms with Crippen molar-refractivity contribution in [3.63, 3.8) is 0 Å². The Morgan fingerprint density at radius 2 is 2.12 bits per heavy atom. The number of hydrogen-bond donors (Lipinski definition) is 4. The van der Waals surface area contributed by atoms with Crippen LogP contribution in [0.15, 0.2) is 22.6 Å². The van der Waals surface area contributed by atoms with Crippen molar-refractivity contribution in [1.29, 1.82) is 0 Å². The number of nitrogens with zero attached hydrogens (tertiary/aromatic N) is 3. The third kappa shape index (κ3) is 3.09. The van der Waals surface area contributed by atoms with E-state index in [0.717, 1.165) is 0 Å². The van der Waals surface area contributed by atoms with Crippen LogP contribution in [0.5, 0.6) is 0 Å². The highest BCUT2D eigenvalue weighted by Gasteiger charge is 2.38. The van der Waals surface area contributed by atoms with Crippen LogP contribution in [-0.2, 0) is 19.1 Å². The number of amides is 1. The van der Waals surface area contributed by atoms with Crippen molar-refractivity contribution in [3.05, 3.63) is 28.2 Å². The predicted octanol–water partition coefficient (Wildman–Crippen LogP) is -0.134. The van der Waals surface area contributed by atoms with Gasteiger partial charge in [-0.15, -0.1) is 0 Å². The van der Waals surface area contributed by atoms with E-state index < -0.39 is 41.3 Å². The average Bonchev–Trinajstić information content (AvgIpc) is 3.08. The lowest BCUT2D eigenvalue weighted by Crippen LogP contribution is -2.22. The summed E-state index contributed by atoms with van der Waals surface area (Å²) in [6, 6.07) is 0. The number of aliphatic hydroxyl groups is 2. The molecule has 1 amide bonds. The number of aromatic amines is 1. The number of ether oxygens (including phenoxy) is 2. The fourth-order valence-corrected chi connectivity index (χ4v) is 2.41. The van der Waals surface area contributed by atoms with Gasteiger partial charge in [-0.1, -0.05) is 0 Å². The molecule has 0 fully saturated rings. The lowest BCUT2D eigenvalue weighted by molar-refractivity contribution is -0.146. The second kappa shape index (κ2) is 6.48. The Morgan fingerprint density at radius 3 is 2.77 bits per heavy atom. The smallest absolute Gasteiger partial charge is 0.302 e. The Labute approximate surface area is 145 Å². The van der Waals surface area contributed by atoms with E-state index in [1.807, 2.05) is 0 Å². The molecule has 0 radical (unpaired) electrons. The minimum atomic E-state index is -1.24. The van der Waals surface area contributed by atoms with Crippen molar-refractivity contribution in [3.8, 4) is 0 Å². The van der Waals surface area contributed by atoms with Crippen molar-refractivity contribution in [2.75, 3.05) is 11.9 Å². The van der Waals surface area contributed by atoms with Crippen LogP contribution < -0.4 is 10.9 Å². The van der Waals surface area contributed by atoms with E-state index in [0.29, 0.717) is 0 Å². The maximum atomic E-state index is 12.1. The second-order valence-corrected chi connectivity index (χ2v) is 5.47. The van der Waals surface area contributed by atoms with E-state index in [-0.39, 0.29) is 23.7 Å². The van der Waals surface area contributed by atoms with E-state index in [9.17, 15) is 24.6 Å². The number of hydrogen-bond acceptors (Lipinski definition) is 9. The molecule has 0 spiro atoms. The molecule has 0 aliphatic carbocycles. The number of imidazole rings is 1. The number of carbonyl (C=O) groups excluding carboxylic acids is 2. The maximum Gasteiger partial charge on any atom is 0.302 e. The Morgan fingerprint density at radius 1 is 1.38 bits per heavy atom. The van der Waals surface area contributed by atoms with Crippen molar-refractivity contribution < 1.29 is 29.3 Å². The Kier molecular flexibility index (Phi) is 4.34. The number of carbonyl (C=O) groups is 2. The topological polar surface area (TPSA) is 169 Å². The first-order valence-electron chi connectivity index (χ1n) is 7.43. The number of H-pyrrole nitrogens is 1. The predicted molar refractivity (Wildman–Crippen MR) is 85.3 cm³/mol. The molecular formula is C14H15N5O7. The quantitative estimate of drug-likeness (QED) is 0.539. The number of rotatable bonds is 4. The number of fused-ring (bicyclic) bond motifs is 1. The van der Waals surface area contributed by atoms with Crippen LogP contribution in [0.1, 0.15) is 20.1 Å². The van der Waals surface area contributed by atoms with Gasteiger partial charge in [0.15, 0.2) is 35.0 Å². The Bertz CT molecular complexity index is 976. The summed E-state index contributed by atoms with van der Waals surface area (Å²) in [6.45, 7) is 2.13. The summed E-state index contributed by atoms with van der Waals surface area (Å²) in [4.78, 5) is 44.4. The molecule has 0 saturated heterocycles. The third-order valence-electron chi connectivity index (χ3n) is 3.51. The lowest BCUT2D eigenvalue weighted by atomic mass is 10.3. The van der Waals surface area contributed by atoms with Crippen LogP contribution in [0, 0.1) is 0 Å². The molecule has 0 bridgehead atoms. The fourth-order valence-electron chi connectivity index (χ4n) is 2.41. The molecule has 4 N–H and O–H groups in total. The molecule has 0 saturated carbocycles. The van der Waals surface area contributed by atoms with Gasteiger partial charge in [0.25, 0.3) is 5.56 Å². The zero-order chi connectivity index (χ0) is 19.0. The molecule has 2 aromatic heterocycles. The van der Waals surface area contributed by atoms with Crippen LogP contribution in [0.25, 0.3) is 11.2 Å². The van der Waals surface area contributed by atoms with Gasteiger partial charge in [0.2, 0.25) is 11.9 Å². The normalized spacial score (nSPS) is 19.8. The number of esters is 1. The molecule has 3 heterocycles. The van der Waals surface area contributed by atoms with E-state index in [2.05, 4.69) is 20.3 Å². The standard InChI is InChI=1S/C14H15N5O7/c1-5(20)16-14-17-11-8(12(24)18-14)15-4-19(11)13-10(23)9(22)7(26-13)3-25-6(2)21/h4,7,13,22-23H,3H2,1-2H3,(H2,16,17,18,20,24)/t7-,13-/m1/s1. The summed E-state index contributed by atoms with van der Waals surface area (Å²) in [6.07, 6.45) is -1.13. The van der Waals surface area contributed by atoms with Crippen LogP contribution in [0.3, 0.4) is 0 Å². The molecule has 12 heteroatoms. The van der Waals surface area contributed by atoms with Gasteiger partial charge in [0, 0.05) is 13.8 Å². The molecule has 0 aromatic carbocycles. The number of aliphatic hydroxyl groups excluding tert-OH is 2. The number of nitrogens with one attached hydrogen (secondary N) is 2. The summed E-state index contributed by atoms with van der Waals surface area (Å²) in [7, 11) is 0. The zero-order valence-electron chi connectivity index (χ0n) is 13.7. The summed E-state index contributed by atoms with van der Waals surface area (Å²) >= 11 is 0. The number of aromatic nitrogens is 4. The molecule has 2 aromatic rings.